The summed E-state index contributed by atoms with van der Waals surface area (Å²) in [5.74, 6) is -0.328. The Balaban J connectivity index is 1.69. The SMILES string of the molecule is CC(C)(CNC(=O)c1cccc(S(=O)(=O)Nc2ccccc2Cl)c1)N1CCOCC1. The molecule has 1 fully saturated rings. The van der Waals surface area contributed by atoms with Gasteiger partial charge in [0.15, 0.2) is 0 Å². The van der Waals surface area contributed by atoms with Crippen molar-refractivity contribution >= 4 is 33.2 Å². The summed E-state index contributed by atoms with van der Waals surface area (Å²) in [7, 11) is -3.89. The molecular weight excluding hydrogens is 426 g/mol. The first-order chi connectivity index (χ1) is 14.2. The van der Waals surface area contributed by atoms with Crippen LogP contribution in [0.4, 0.5) is 5.69 Å². The molecule has 0 aromatic heterocycles. The van der Waals surface area contributed by atoms with E-state index in [0.717, 1.165) is 13.1 Å². The molecule has 0 unspecified atom stereocenters. The molecule has 0 bridgehead atoms. The number of nitrogens with one attached hydrogen (secondary N) is 2. The highest BCUT2D eigenvalue weighted by Gasteiger charge is 2.29. The molecule has 2 aromatic carbocycles. The molecule has 0 spiro atoms. The highest BCUT2D eigenvalue weighted by atomic mass is 35.5. The lowest BCUT2D eigenvalue weighted by Gasteiger charge is -2.40. The summed E-state index contributed by atoms with van der Waals surface area (Å²) in [6.07, 6.45) is 0. The van der Waals surface area contributed by atoms with E-state index in [4.69, 9.17) is 16.3 Å². The number of sulfonamides is 1. The Bertz CT molecular complexity index is 1000. The predicted octanol–water partition coefficient (Wildman–Crippen LogP) is 2.98. The minimum absolute atomic E-state index is 0.0116. The van der Waals surface area contributed by atoms with Gasteiger partial charge in [0.1, 0.15) is 0 Å². The maximum atomic E-state index is 12.7. The molecule has 162 valence electrons. The van der Waals surface area contributed by atoms with Gasteiger partial charge in [-0.2, -0.15) is 0 Å². The van der Waals surface area contributed by atoms with Gasteiger partial charge in [0.2, 0.25) is 0 Å². The smallest absolute Gasteiger partial charge is 0.261 e. The number of nitrogens with zero attached hydrogens (tertiary/aromatic N) is 1. The average molecular weight is 452 g/mol. The van der Waals surface area contributed by atoms with Crippen molar-refractivity contribution in [2.45, 2.75) is 24.3 Å². The second-order valence-corrected chi connectivity index (χ2v) is 9.80. The van der Waals surface area contributed by atoms with Gasteiger partial charge in [0.25, 0.3) is 15.9 Å². The number of hydrogen-bond acceptors (Lipinski definition) is 5. The zero-order chi connectivity index (χ0) is 21.8. The largest absolute Gasteiger partial charge is 0.379 e. The van der Waals surface area contributed by atoms with Crippen LogP contribution >= 0.6 is 11.6 Å². The molecule has 30 heavy (non-hydrogen) atoms. The number of morpholine rings is 1. The molecule has 1 heterocycles. The van der Waals surface area contributed by atoms with Gasteiger partial charge in [-0.1, -0.05) is 29.8 Å². The van der Waals surface area contributed by atoms with Crippen LogP contribution in [0.5, 0.6) is 0 Å². The molecule has 1 amide bonds. The Morgan fingerprint density at radius 2 is 1.83 bits per heavy atom. The molecule has 2 N–H and O–H groups in total. The van der Waals surface area contributed by atoms with E-state index < -0.39 is 10.0 Å². The Morgan fingerprint density at radius 1 is 1.13 bits per heavy atom. The third kappa shape index (κ3) is 5.51. The van der Waals surface area contributed by atoms with E-state index in [1.54, 1.807) is 36.4 Å². The zero-order valence-corrected chi connectivity index (χ0v) is 18.6. The molecule has 1 aliphatic heterocycles. The first kappa shape index (κ1) is 22.6. The van der Waals surface area contributed by atoms with Gasteiger partial charge in [-0.25, -0.2) is 8.42 Å². The van der Waals surface area contributed by atoms with Gasteiger partial charge in [0.05, 0.1) is 28.8 Å². The lowest BCUT2D eigenvalue weighted by molar-refractivity contribution is -0.00923. The van der Waals surface area contributed by atoms with Gasteiger partial charge in [0, 0.05) is 30.7 Å². The third-order valence-corrected chi connectivity index (χ3v) is 6.77. The monoisotopic (exact) mass is 451 g/mol. The normalized spacial score (nSPS) is 15.6. The molecule has 0 saturated carbocycles. The van der Waals surface area contributed by atoms with E-state index in [1.807, 2.05) is 0 Å². The van der Waals surface area contributed by atoms with Gasteiger partial charge in [-0.15, -0.1) is 0 Å². The third-order valence-electron chi connectivity index (χ3n) is 5.07. The average Bonchev–Trinajstić information content (AvgIpc) is 2.74. The van der Waals surface area contributed by atoms with E-state index in [9.17, 15) is 13.2 Å². The molecule has 9 heteroatoms. The molecular formula is C21H26ClN3O4S. The summed E-state index contributed by atoms with van der Waals surface area (Å²) in [4.78, 5) is 14.9. The summed E-state index contributed by atoms with van der Waals surface area (Å²) >= 11 is 6.04. The van der Waals surface area contributed by atoms with Crippen LogP contribution in [0.25, 0.3) is 0 Å². The van der Waals surface area contributed by atoms with Crippen LogP contribution in [0.15, 0.2) is 53.4 Å². The van der Waals surface area contributed by atoms with Crippen LogP contribution in [-0.4, -0.2) is 57.6 Å². The van der Waals surface area contributed by atoms with Crippen LogP contribution < -0.4 is 10.0 Å². The summed E-state index contributed by atoms with van der Waals surface area (Å²) < 4.78 is 33.3. The zero-order valence-electron chi connectivity index (χ0n) is 17.0. The summed E-state index contributed by atoms with van der Waals surface area (Å²) in [5, 5.41) is 3.21. The van der Waals surface area contributed by atoms with E-state index in [0.29, 0.717) is 24.8 Å². The van der Waals surface area contributed by atoms with Gasteiger partial charge in [-0.3, -0.25) is 14.4 Å². The van der Waals surface area contributed by atoms with Crippen molar-refractivity contribution in [2.75, 3.05) is 37.6 Å². The topological polar surface area (TPSA) is 87.7 Å². The minimum Gasteiger partial charge on any atom is -0.379 e. The van der Waals surface area contributed by atoms with Crippen molar-refractivity contribution in [3.05, 3.63) is 59.1 Å². The van der Waals surface area contributed by atoms with Crippen LogP contribution in [0.1, 0.15) is 24.2 Å². The number of amides is 1. The molecule has 0 radical (unpaired) electrons. The lowest BCUT2D eigenvalue weighted by Crippen LogP contribution is -2.55. The number of hydrogen-bond donors (Lipinski definition) is 2. The molecule has 3 rings (SSSR count). The Hall–Kier alpha value is -2.13. The molecule has 7 nitrogen and oxygen atoms in total. The summed E-state index contributed by atoms with van der Waals surface area (Å²) in [6.45, 7) is 7.53. The van der Waals surface area contributed by atoms with Gasteiger partial charge in [-0.05, 0) is 44.2 Å². The number of benzene rings is 2. The number of ether oxygens (including phenoxy) is 1. The van der Waals surface area contributed by atoms with Crippen LogP contribution in [0.2, 0.25) is 5.02 Å². The van der Waals surface area contributed by atoms with Crippen LogP contribution in [0.3, 0.4) is 0 Å². The predicted molar refractivity (Wildman–Crippen MR) is 118 cm³/mol. The van der Waals surface area contributed by atoms with Crippen LogP contribution in [0, 0.1) is 0 Å². The standard InChI is InChI=1S/C21H26ClN3O4S/c1-21(2,25-10-12-29-13-11-25)15-23-20(26)16-6-5-7-17(14-16)30(27,28)24-19-9-4-3-8-18(19)22/h3-9,14,24H,10-13,15H2,1-2H3,(H,23,26). The fraction of sp³-hybridized carbons (Fsp3) is 0.381. The van der Waals surface area contributed by atoms with Crippen molar-refractivity contribution < 1.29 is 17.9 Å². The van der Waals surface area contributed by atoms with Crippen molar-refractivity contribution in [2.24, 2.45) is 0 Å². The van der Waals surface area contributed by atoms with E-state index in [1.165, 1.54) is 12.1 Å². The van der Waals surface area contributed by atoms with E-state index in [2.05, 4.69) is 28.8 Å². The maximum Gasteiger partial charge on any atom is 0.261 e. The second-order valence-electron chi connectivity index (χ2n) is 7.71. The van der Waals surface area contributed by atoms with Gasteiger partial charge < -0.3 is 10.1 Å². The Morgan fingerprint density at radius 3 is 2.53 bits per heavy atom. The number of para-hydroxylation sites is 1. The first-order valence-corrected chi connectivity index (χ1v) is 11.5. The molecule has 1 aliphatic rings. The number of carbonyl (C=O) groups is 1. The number of anilines is 1. The van der Waals surface area contributed by atoms with E-state index in [-0.39, 0.29) is 27.6 Å². The summed E-state index contributed by atoms with van der Waals surface area (Å²) in [5.41, 5.74) is 0.311. The van der Waals surface area contributed by atoms with E-state index >= 15 is 0 Å². The Kier molecular flexibility index (Phi) is 7.02. The first-order valence-electron chi connectivity index (χ1n) is 9.67. The molecule has 0 aliphatic carbocycles. The fourth-order valence-corrected chi connectivity index (χ4v) is 4.60. The highest BCUT2D eigenvalue weighted by molar-refractivity contribution is 7.92. The Labute approximate surface area is 182 Å². The lowest BCUT2D eigenvalue weighted by atomic mass is 10.0. The summed E-state index contributed by atoms with van der Waals surface area (Å²) in [6, 6.07) is 12.5. The maximum absolute atomic E-state index is 12.7. The highest BCUT2D eigenvalue weighted by Crippen LogP contribution is 2.24. The molecule has 1 saturated heterocycles. The number of rotatable bonds is 7. The molecule has 0 atom stereocenters. The second kappa shape index (κ2) is 9.34. The number of halogens is 1. The quantitative estimate of drug-likeness (QED) is 0.675. The van der Waals surface area contributed by atoms with Crippen molar-refractivity contribution in [1.82, 2.24) is 10.2 Å². The van der Waals surface area contributed by atoms with Gasteiger partial charge >= 0.3 is 0 Å². The van der Waals surface area contributed by atoms with Crippen molar-refractivity contribution in [1.29, 1.82) is 0 Å². The van der Waals surface area contributed by atoms with Crippen molar-refractivity contribution in [3.63, 3.8) is 0 Å². The van der Waals surface area contributed by atoms with Crippen LogP contribution in [-0.2, 0) is 14.8 Å². The van der Waals surface area contributed by atoms with Crippen molar-refractivity contribution in [3.8, 4) is 0 Å². The molecule has 2 aromatic rings. The fourth-order valence-electron chi connectivity index (χ4n) is 3.23. The minimum atomic E-state index is -3.89. The number of carbonyl (C=O) groups excluding carboxylic acids is 1.